The molecule has 0 saturated heterocycles. The average molecular weight is 178 g/mol. The molecule has 0 saturated carbocycles. The topological polar surface area (TPSA) is 105 Å². The monoisotopic (exact) mass is 178 g/mol. The summed E-state index contributed by atoms with van der Waals surface area (Å²) in [5.74, 6) is 0. The molecule has 0 fully saturated rings. The fraction of sp³-hybridized carbons (Fsp3) is 0.833. The molecule has 5 N–H and O–H groups in total. The maximum absolute atomic E-state index is 9.04. The quantitative estimate of drug-likeness (QED) is 0.232. The third-order valence-corrected chi connectivity index (χ3v) is 1.29. The summed E-state index contributed by atoms with van der Waals surface area (Å²) in [5, 5.41) is 38.8. The second kappa shape index (κ2) is 5.90. The maximum Gasteiger partial charge on any atom is 0.119 e. The SMILES string of the molecule is CN/N=C\[C@H](O)[C@@H](O)[C@@H](O)CO. The molecule has 0 aromatic heterocycles. The Bertz CT molecular complexity index is 142. The molecule has 6 nitrogen and oxygen atoms in total. The van der Waals surface area contributed by atoms with Crippen LogP contribution in [0.5, 0.6) is 0 Å². The van der Waals surface area contributed by atoms with Gasteiger partial charge in [0, 0.05) is 7.05 Å². The Balaban J connectivity index is 3.91. The fourth-order valence-electron chi connectivity index (χ4n) is 0.575. The zero-order valence-electron chi connectivity index (χ0n) is 6.75. The first kappa shape index (κ1) is 11.3. The Morgan fingerprint density at radius 1 is 1.42 bits per heavy atom. The number of rotatable bonds is 5. The summed E-state index contributed by atoms with van der Waals surface area (Å²) in [6.45, 7) is -0.606. The van der Waals surface area contributed by atoms with E-state index in [-0.39, 0.29) is 0 Å². The number of nitrogens with zero attached hydrogens (tertiary/aromatic N) is 1. The van der Waals surface area contributed by atoms with Gasteiger partial charge in [0.15, 0.2) is 0 Å². The molecule has 72 valence electrons. The summed E-state index contributed by atoms with van der Waals surface area (Å²) >= 11 is 0. The molecular weight excluding hydrogens is 164 g/mol. The van der Waals surface area contributed by atoms with E-state index in [4.69, 9.17) is 20.4 Å². The first-order valence-corrected chi connectivity index (χ1v) is 3.48. The highest BCUT2D eigenvalue weighted by Gasteiger charge is 2.22. The first-order chi connectivity index (χ1) is 5.63. The second-order valence-electron chi connectivity index (χ2n) is 2.23. The van der Waals surface area contributed by atoms with Crippen LogP contribution in [0, 0.1) is 0 Å². The molecule has 0 radical (unpaired) electrons. The first-order valence-electron chi connectivity index (χ1n) is 3.48. The lowest BCUT2D eigenvalue weighted by Crippen LogP contribution is -2.40. The van der Waals surface area contributed by atoms with Crippen molar-refractivity contribution >= 4 is 6.21 Å². The highest BCUT2D eigenvalue weighted by atomic mass is 16.4. The van der Waals surface area contributed by atoms with Crippen LogP contribution in [0.4, 0.5) is 0 Å². The van der Waals surface area contributed by atoms with Crippen molar-refractivity contribution in [2.75, 3.05) is 13.7 Å². The van der Waals surface area contributed by atoms with Gasteiger partial charge in [-0.15, -0.1) is 0 Å². The third-order valence-electron chi connectivity index (χ3n) is 1.29. The molecule has 0 bridgehead atoms. The van der Waals surface area contributed by atoms with Gasteiger partial charge in [0.05, 0.1) is 12.8 Å². The van der Waals surface area contributed by atoms with Gasteiger partial charge in [-0.2, -0.15) is 5.10 Å². The fourth-order valence-corrected chi connectivity index (χ4v) is 0.575. The molecule has 0 aliphatic heterocycles. The second-order valence-corrected chi connectivity index (χ2v) is 2.23. The van der Waals surface area contributed by atoms with E-state index < -0.39 is 24.9 Å². The van der Waals surface area contributed by atoms with Gasteiger partial charge in [-0.3, -0.25) is 0 Å². The van der Waals surface area contributed by atoms with Crippen LogP contribution in [0.25, 0.3) is 0 Å². The summed E-state index contributed by atoms with van der Waals surface area (Å²) in [6, 6.07) is 0. The molecule has 3 atom stereocenters. The van der Waals surface area contributed by atoms with E-state index in [1.54, 1.807) is 0 Å². The molecule has 0 aromatic rings. The molecule has 0 amide bonds. The predicted octanol–water partition coefficient (Wildman–Crippen LogP) is -2.73. The smallest absolute Gasteiger partial charge is 0.119 e. The lowest BCUT2D eigenvalue weighted by Gasteiger charge is -2.17. The van der Waals surface area contributed by atoms with Crippen molar-refractivity contribution < 1.29 is 20.4 Å². The van der Waals surface area contributed by atoms with Crippen molar-refractivity contribution in [3.63, 3.8) is 0 Å². The minimum absolute atomic E-state index is 0.606. The molecule has 0 unspecified atom stereocenters. The van der Waals surface area contributed by atoms with Gasteiger partial charge in [-0.1, -0.05) is 0 Å². The number of hydrogen-bond donors (Lipinski definition) is 5. The standard InChI is InChI=1S/C6H14N2O4/c1-7-8-2-4(10)6(12)5(11)3-9/h2,4-7,9-12H,3H2,1H3/b8-2-/t4-,5-,6+/m0/s1. The minimum atomic E-state index is -1.42. The van der Waals surface area contributed by atoms with E-state index in [1.807, 2.05) is 0 Å². The zero-order valence-corrected chi connectivity index (χ0v) is 6.75. The molecule has 6 heteroatoms. The van der Waals surface area contributed by atoms with Gasteiger partial charge in [-0.05, 0) is 0 Å². The van der Waals surface area contributed by atoms with E-state index >= 15 is 0 Å². The summed E-state index contributed by atoms with van der Waals surface area (Å²) < 4.78 is 0. The van der Waals surface area contributed by atoms with Crippen molar-refractivity contribution in [2.45, 2.75) is 18.3 Å². The summed E-state index contributed by atoms with van der Waals surface area (Å²) in [4.78, 5) is 0. The van der Waals surface area contributed by atoms with Crippen LogP contribution in [-0.2, 0) is 0 Å². The third kappa shape index (κ3) is 3.63. The largest absolute Gasteiger partial charge is 0.394 e. The number of aliphatic hydroxyl groups excluding tert-OH is 4. The van der Waals surface area contributed by atoms with E-state index in [0.717, 1.165) is 6.21 Å². The summed E-state index contributed by atoms with van der Waals surface area (Å²) in [6.07, 6.45) is -3.04. The van der Waals surface area contributed by atoms with Gasteiger partial charge >= 0.3 is 0 Å². The summed E-state index contributed by atoms with van der Waals surface area (Å²) in [7, 11) is 1.53. The lowest BCUT2D eigenvalue weighted by atomic mass is 10.1. The van der Waals surface area contributed by atoms with E-state index in [1.165, 1.54) is 7.05 Å². The van der Waals surface area contributed by atoms with Crippen LogP contribution in [0.3, 0.4) is 0 Å². The van der Waals surface area contributed by atoms with Crippen LogP contribution in [0.2, 0.25) is 0 Å². The average Bonchev–Trinajstić information content (AvgIpc) is 2.11. The Morgan fingerprint density at radius 2 is 2.00 bits per heavy atom. The highest BCUT2D eigenvalue weighted by Crippen LogP contribution is 1.97. The van der Waals surface area contributed by atoms with Gasteiger partial charge < -0.3 is 25.9 Å². The van der Waals surface area contributed by atoms with Crippen molar-refractivity contribution in [1.82, 2.24) is 5.43 Å². The van der Waals surface area contributed by atoms with E-state index in [0.29, 0.717) is 0 Å². The number of nitrogens with one attached hydrogen (secondary N) is 1. The number of aliphatic hydroxyl groups is 4. The maximum atomic E-state index is 9.04. The molecule has 0 aromatic carbocycles. The normalized spacial score (nSPS) is 19.1. The van der Waals surface area contributed by atoms with Gasteiger partial charge in [0.25, 0.3) is 0 Å². The van der Waals surface area contributed by atoms with Crippen molar-refractivity contribution in [3.8, 4) is 0 Å². The van der Waals surface area contributed by atoms with Crippen LogP contribution >= 0.6 is 0 Å². The lowest BCUT2D eigenvalue weighted by molar-refractivity contribution is -0.0542. The van der Waals surface area contributed by atoms with Crippen LogP contribution in [0.15, 0.2) is 5.10 Å². The van der Waals surface area contributed by atoms with Gasteiger partial charge in [0.2, 0.25) is 0 Å². The van der Waals surface area contributed by atoms with Gasteiger partial charge in [0.1, 0.15) is 18.3 Å². The van der Waals surface area contributed by atoms with E-state index in [9.17, 15) is 0 Å². The molecule has 0 aliphatic rings. The number of hydrazone groups is 1. The van der Waals surface area contributed by atoms with Crippen molar-refractivity contribution in [1.29, 1.82) is 0 Å². The number of hydrogen-bond acceptors (Lipinski definition) is 6. The Kier molecular flexibility index (Phi) is 5.56. The minimum Gasteiger partial charge on any atom is -0.394 e. The highest BCUT2D eigenvalue weighted by molar-refractivity contribution is 5.63. The molecule has 0 heterocycles. The van der Waals surface area contributed by atoms with Crippen LogP contribution in [0.1, 0.15) is 0 Å². The molecule has 0 aliphatic carbocycles. The zero-order chi connectivity index (χ0) is 9.56. The van der Waals surface area contributed by atoms with Crippen molar-refractivity contribution in [2.24, 2.45) is 5.10 Å². The molecular formula is C6H14N2O4. The summed E-state index contributed by atoms with van der Waals surface area (Å²) in [5.41, 5.74) is 2.36. The van der Waals surface area contributed by atoms with Crippen LogP contribution < -0.4 is 5.43 Å². The molecule has 0 spiro atoms. The molecule has 0 rings (SSSR count). The molecule has 12 heavy (non-hydrogen) atoms. The van der Waals surface area contributed by atoms with Crippen LogP contribution in [-0.4, -0.2) is 58.6 Å². The van der Waals surface area contributed by atoms with E-state index in [2.05, 4.69) is 10.5 Å². The van der Waals surface area contributed by atoms with Crippen molar-refractivity contribution in [3.05, 3.63) is 0 Å². The van der Waals surface area contributed by atoms with Gasteiger partial charge in [-0.25, -0.2) is 0 Å². The predicted molar refractivity (Wildman–Crippen MR) is 42.7 cm³/mol. The Hall–Kier alpha value is -0.690. The Morgan fingerprint density at radius 3 is 2.42 bits per heavy atom. The Labute approximate surface area is 70.2 Å².